The monoisotopic (exact) mass is 554 g/mol. The summed E-state index contributed by atoms with van der Waals surface area (Å²) in [4.78, 5) is 44.8. The van der Waals surface area contributed by atoms with Crippen molar-refractivity contribution < 1.29 is 33.0 Å². The molecule has 1 atom stereocenters. The molecule has 0 aliphatic carbocycles. The van der Waals surface area contributed by atoms with Crippen LogP contribution in [0.4, 0.5) is 9.18 Å². The Morgan fingerprint density at radius 1 is 1.00 bits per heavy atom. The first-order valence-corrected chi connectivity index (χ1v) is 13.3. The summed E-state index contributed by atoms with van der Waals surface area (Å²) in [5.74, 6) is -0.408. The number of carbonyl (C=O) groups is 3. The predicted molar refractivity (Wildman–Crippen MR) is 146 cm³/mol. The first-order chi connectivity index (χ1) is 19.3. The van der Waals surface area contributed by atoms with Gasteiger partial charge in [-0.3, -0.25) is 14.6 Å². The third-order valence-corrected chi connectivity index (χ3v) is 7.09. The number of urea groups is 1. The van der Waals surface area contributed by atoms with Gasteiger partial charge in [-0.25, -0.2) is 14.0 Å². The van der Waals surface area contributed by atoms with Gasteiger partial charge in [0.15, 0.2) is 0 Å². The molecule has 1 fully saturated rings. The SMILES string of the molecule is CCOC(=O)C1=C(CN2CCN(C(=O)c3ccccc3F)CC2)N(CC)C(=O)NC1c1cc(OC)cc(OC)c1. The topological polar surface area (TPSA) is 101 Å². The summed E-state index contributed by atoms with van der Waals surface area (Å²) in [7, 11) is 3.06. The fraction of sp³-hybridized carbons (Fsp3) is 0.414. The van der Waals surface area contributed by atoms with Crippen LogP contribution in [-0.4, -0.2) is 92.7 Å². The number of methoxy groups -OCH3 is 2. The van der Waals surface area contributed by atoms with E-state index in [9.17, 15) is 18.8 Å². The second-order valence-electron chi connectivity index (χ2n) is 9.40. The normalized spacial score (nSPS) is 17.9. The van der Waals surface area contributed by atoms with Crippen LogP contribution in [0, 0.1) is 5.82 Å². The molecule has 3 amide bonds. The Morgan fingerprint density at radius 3 is 2.23 bits per heavy atom. The molecule has 1 saturated heterocycles. The number of nitrogens with one attached hydrogen (secondary N) is 1. The quantitative estimate of drug-likeness (QED) is 0.475. The van der Waals surface area contributed by atoms with Gasteiger partial charge < -0.3 is 24.4 Å². The van der Waals surface area contributed by atoms with E-state index >= 15 is 0 Å². The van der Waals surface area contributed by atoms with Gasteiger partial charge in [0.05, 0.1) is 38.0 Å². The zero-order valence-electron chi connectivity index (χ0n) is 23.2. The summed E-state index contributed by atoms with van der Waals surface area (Å²) in [6.45, 7) is 6.08. The number of halogens is 1. The summed E-state index contributed by atoms with van der Waals surface area (Å²) in [5.41, 5.74) is 1.51. The highest BCUT2D eigenvalue weighted by Crippen LogP contribution is 2.35. The molecule has 2 heterocycles. The van der Waals surface area contributed by atoms with Gasteiger partial charge in [-0.05, 0) is 43.7 Å². The summed E-state index contributed by atoms with van der Waals surface area (Å²) in [6, 6.07) is 10.0. The molecule has 11 heteroatoms. The summed E-state index contributed by atoms with van der Waals surface area (Å²) in [6.07, 6.45) is 0. The lowest BCUT2D eigenvalue weighted by atomic mass is 9.93. The number of likely N-dealkylation sites (N-methyl/N-ethyl adjacent to an activating group) is 1. The number of nitrogens with zero attached hydrogens (tertiary/aromatic N) is 3. The van der Waals surface area contributed by atoms with E-state index < -0.39 is 17.8 Å². The zero-order chi connectivity index (χ0) is 28.8. The first-order valence-electron chi connectivity index (χ1n) is 13.3. The Hall–Kier alpha value is -4.12. The van der Waals surface area contributed by atoms with E-state index in [4.69, 9.17) is 14.2 Å². The van der Waals surface area contributed by atoms with Gasteiger partial charge in [0.1, 0.15) is 17.3 Å². The molecule has 0 spiro atoms. The highest BCUT2D eigenvalue weighted by atomic mass is 19.1. The van der Waals surface area contributed by atoms with Crippen molar-refractivity contribution in [3.63, 3.8) is 0 Å². The molecule has 1 unspecified atom stereocenters. The molecule has 0 aromatic heterocycles. The largest absolute Gasteiger partial charge is 0.497 e. The van der Waals surface area contributed by atoms with Crippen LogP contribution in [0.15, 0.2) is 53.7 Å². The molecule has 2 aliphatic rings. The van der Waals surface area contributed by atoms with E-state index in [-0.39, 0.29) is 30.7 Å². The molecule has 214 valence electrons. The highest BCUT2D eigenvalue weighted by molar-refractivity contribution is 5.95. The maximum Gasteiger partial charge on any atom is 0.338 e. The second-order valence-corrected chi connectivity index (χ2v) is 9.40. The molecular formula is C29H35FN4O6. The van der Waals surface area contributed by atoms with Crippen molar-refractivity contribution in [3.8, 4) is 11.5 Å². The molecule has 2 aromatic carbocycles. The number of hydrogen-bond donors (Lipinski definition) is 1. The Balaban J connectivity index is 1.65. The average molecular weight is 555 g/mol. The zero-order valence-corrected chi connectivity index (χ0v) is 23.2. The number of esters is 1. The van der Waals surface area contributed by atoms with Gasteiger partial charge in [0.2, 0.25) is 0 Å². The fourth-order valence-corrected chi connectivity index (χ4v) is 5.03. The van der Waals surface area contributed by atoms with E-state index in [0.717, 1.165) is 0 Å². The third kappa shape index (κ3) is 6.04. The standard InChI is InChI=1S/C29H35FN4O6/c1-5-34-24(18-32-11-13-33(14-12-32)27(35)22-9-7-8-10-23(22)30)25(28(36)40-6-2)26(31-29(34)37)19-15-20(38-3)17-21(16-19)39-4/h7-10,15-17,26H,5-6,11-14,18H2,1-4H3,(H,31,37). The first kappa shape index (κ1) is 28.9. The van der Waals surface area contributed by atoms with Crippen molar-refractivity contribution in [2.45, 2.75) is 19.9 Å². The molecule has 10 nitrogen and oxygen atoms in total. The van der Waals surface area contributed by atoms with Crippen LogP contribution < -0.4 is 14.8 Å². The number of carbonyl (C=O) groups excluding carboxylic acids is 3. The van der Waals surface area contributed by atoms with E-state index in [1.807, 2.05) is 6.92 Å². The minimum Gasteiger partial charge on any atom is -0.497 e. The Kier molecular flexibility index (Phi) is 9.26. The molecule has 2 aliphatic heterocycles. The summed E-state index contributed by atoms with van der Waals surface area (Å²) in [5, 5.41) is 2.95. The van der Waals surface area contributed by atoms with Crippen molar-refractivity contribution in [2.75, 3.05) is 60.1 Å². The van der Waals surface area contributed by atoms with Crippen LogP contribution >= 0.6 is 0 Å². The highest BCUT2D eigenvalue weighted by Gasteiger charge is 2.39. The number of benzene rings is 2. The Morgan fingerprint density at radius 2 is 1.65 bits per heavy atom. The van der Waals surface area contributed by atoms with Crippen molar-refractivity contribution in [3.05, 3.63) is 70.7 Å². The molecular weight excluding hydrogens is 519 g/mol. The van der Waals surface area contributed by atoms with E-state index in [0.29, 0.717) is 61.1 Å². The van der Waals surface area contributed by atoms with Crippen molar-refractivity contribution in [1.29, 1.82) is 0 Å². The average Bonchev–Trinajstić information content (AvgIpc) is 2.97. The van der Waals surface area contributed by atoms with E-state index in [2.05, 4.69) is 10.2 Å². The lowest BCUT2D eigenvalue weighted by molar-refractivity contribution is -0.139. The molecule has 0 saturated carbocycles. The minimum absolute atomic E-state index is 0.0425. The van der Waals surface area contributed by atoms with Crippen molar-refractivity contribution in [2.24, 2.45) is 0 Å². The lowest BCUT2D eigenvalue weighted by Gasteiger charge is -2.40. The molecule has 0 radical (unpaired) electrons. The maximum atomic E-state index is 14.2. The molecule has 0 bridgehead atoms. The van der Waals surface area contributed by atoms with Crippen molar-refractivity contribution in [1.82, 2.24) is 20.0 Å². The van der Waals surface area contributed by atoms with Crippen LogP contribution in [0.2, 0.25) is 0 Å². The van der Waals surface area contributed by atoms with E-state index in [1.54, 1.807) is 42.2 Å². The van der Waals surface area contributed by atoms with Gasteiger partial charge in [-0.1, -0.05) is 12.1 Å². The number of piperazine rings is 1. The van der Waals surface area contributed by atoms with Crippen LogP contribution in [0.5, 0.6) is 11.5 Å². The van der Waals surface area contributed by atoms with Crippen molar-refractivity contribution >= 4 is 17.9 Å². The molecule has 2 aromatic rings. The summed E-state index contributed by atoms with van der Waals surface area (Å²) < 4.78 is 30.5. The molecule has 4 rings (SSSR count). The number of hydrogen-bond acceptors (Lipinski definition) is 7. The third-order valence-electron chi connectivity index (χ3n) is 7.09. The Labute approximate surface area is 233 Å². The van der Waals surface area contributed by atoms with Gasteiger partial charge in [-0.2, -0.15) is 0 Å². The number of amides is 3. The predicted octanol–water partition coefficient (Wildman–Crippen LogP) is 3.20. The lowest BCUT2D eigenvalue weighted by Crippen LogP contribution is -2.53. The van der Waals surface area contributed by atoms with Gasteiger partial charge in [0.25, 0.3) is 5.91 Å². The second kappa shape index (κ2) is 12.8. The van der Waals surface area contributed by atoms with Crippen LogP contribution in [0.3, 0.4) is 0 Å². The number of rotatable bonds is 9. The van der Waals surface area contributed by atoms with Crippen LogP contribution in [0.25, 0.3) is 0 Å². The van der Waals surface area contributed by atoms with Gasteiger partial charge in [0, 0.05) is 51.0 Å². The van der Waals surface area contributed by atoms with E-state index in [1.165, 1.54) is 31.3 Å². The Bertz CT molecular complexity index is 1270. The minimum atomic E-state index is -0.794. The molecule has 1 N–H and O–H groups in total. The van der Waals surface area contributed by atoms with Crippen LogP contribution in [0.1, 0.15) is 35.8 Å². The van der Waals surface area contributed by atoms with Gasteiger partial charge in [-0.15, -0.1) is 0 Å². The fourth-order valence-electron chi connectivity index (χ4n) is 5.03. The molecule has 40 heavy (non-hydrogen) atoms. The van der Waals surface area contributed by atoms with Crippen LogP contribution in [-0.2, 0) is 9.53 Å². The summed E-state index contributed by atoms with van der Waals surface area (Å²) >= 11 is 0. The maximum absolute atomic E-state index is 14.2. The number of ether oxygens (including phenoxy) is 3. The van der Waals surface area contributed by atoms with Gasteiger partial charge >= 0.3 is 12.0 Å². The smallest absolute Gasteiger partial charge is 0.338 e.